The minimum Gasteiger partial charge on any atom is -0.497 e. The standard InChI is InChI=1S/C27H27FN2O4/c1-17-4-7-19(16-24(17)28)29-27(32)23-14-15-25(31)30(20-8-12-22(34-3)13-9-20)26(23)18-5-10-21(33-2)11-6-18/h4-13,16,23,26H,14-15H2,1-3H3,(H,29,32)/t23-,26+/m0/s1. The highest BCUT2D eigenvalue weighted by molar-refractivity contribution is 6.00. The quantitative estimate of drug-likeness (QED) is 0.542. The van der Waals surface area contributed by atoms with E-state index in [1.54, 1.807) is 50.3 Å². The van der Waals surface area contributed by atoms with Gasteiger partial charge in [-0.1, -0.05) is 18.2 Å². The van der Waals surface area contributed by atoms with Gasteiger partial charge >= 0.3 is 0 Å². The van der Waals surface area contributed by atoms with Crippen molar-refractivity contribution in [2.75, 3.05) is 24.4 Å². The molecule has 0 saturated carbocycles. The number of anilines is 2. The molecule has 1 fully saturated rings. The van der Waals surface area contributed by atoms with Crippen LogP contribution in [0.2, 0.25) is 0 Å². The molecule has 0 aromatic heterocycles. The normalized spacial score (nSPS) is 17.9. The van der Waals surface area contributed by atoms with Crippen molar-refractivity contribution < 1.29 is 23.5 Å². The first-order chi connectivity index (χ1) is 16.4. The Hall–Kier alpha value is -3.87. The third-order valence-electron chi connectivity index (χ3n) is 6.18. The van der Waals surface area contributed by atoms with Gasteiger partial charge in [-0.3, -0.25) is 9.59 Å². The summed E-state index contributed by atoms with van der Waals surface area (Å²) in [5.74, 6) is 0.0788. The smallest absolute Gasteiger partial charge is 0.229 e. The van der Waals surface area contributed by atoms with Gasteiger partial charge in [0, 0.05) is 17.8 Å². The average molecular weight is 463 g/mol. The Morgan fingerprint density at radius 2 is 1.59 bits per heavy atom. The molecule has 2 atom stereocenters. The van der Waals surface area contributed by atoms with Gasteiger partial charge in [0.05, 0.1) is 26.2 Å². The molecule has 2 amide bonds. The van der Waals surface area contributed by atoms with Crippen LogP contribution >= 0.6 is 0 Å². The van der Waals surface area contributed by atoms with Crippen LogP contribution in [0.4, 0.5) is 15.8 Å². The lowest BCUT2D eigenvalue weighted by Gasteiger charge is -2.41. The number of nitrogens with zero attached hydrogens (tertiary/aromatic N) is 1. The lowest BCUT2D eigenvalue weighted by atomic mass is 9.83. The third-order valence-corrected chi connectivity index (χ3v) is 6.18. The van der Waals surface area contributed by atoms with Crippen molar-refractivity contribution >= 4 is 23.2 Å². The molecule has 6 nitrogen and oxygen atoms in total. The van der Waals surface area contributed by atoms with E-state index in [1.807, 2.05) is 36.4 Å². The summed E-state index contributed by atoms with van der Waals surface area (Å²) in [5, 5.41) is 2.85. The Bertz CT molecular complexity index is 1180. The van der Waals surface area contributed by atoms with Crippen LogP contribution in [0.25, 0.3) is 0 Å². The number of methoxy groups -OCH3 is 2. The molecule has 3 aromatic rings. The van der Waals surface area contributed by atoms with Crippen molar-refractivity contribution in [2.24, 2.45) is 5.92 Å². The molecule has 176 valence electrons. The van der Waals surface area contributed by atoms with Crippen LogP contribution in [0.3, 0.4) is 0 Å². The van der Waals surface area contributed by atoms with Gasteiger partial charge in [0.25, 0.3) is 0 Å². The number of amides is 2. The molecule has 7 heteroatoms. The summed E-state index contributed by atoms with van der Waals surface area (Å²) < 4.78 is 24.6. The second-order valence-electron chi connectivity index (χ2n) is 8.28. The fourth-order valence-electron chi connectivity index (χ4n) is 4.30. The van der Waals surface area contributed by atoms with Crippen molar-refractivity contribution in [1.29, 1.82) is 0 Å². The maximum Gasteiger partial charge on any atom is 0.229 e. The maximum absolute atomic E-state index is 14.1. The average Bonchev–Trinajstić information content (AvgIpc) is 2.86. The van der Waals surface area contributed by atoms with Gasteiger partial charge in [0.15, 0.2) is 0 Å². The highest BCUT2D eigenvalue weighted by atomic mass is 19.1. The zero-order valence-electron chi connectivity index (χ0n) is 19.4. The molecule has 34 heavy (non-hydrogen) atoms. The van der Waals surface area contributed by atoms with Crippen LogP contribution in [0.5, 0.6) is 11.5 Å². The molecule has 4 rings (SSSR count). The van der Waals surface area contributed by atoms with Crippen LogP contribution in [0, 0.1) is 18.7 Å². The van der Waals surface area contributed by atoms with Gasteiger partial charge in [-0.25, -0.2) is 4.39 Å². The highest BCUT2D eigenvalue weighted by Gasteiger charge is 2.41. The van der Waals surface area contributed by atoms with E-state index in [1.165, 1.54) is 6.07 Å². The number of rotatable bonds is 6. The Labute approximate surface area is 198 Å². The number of carbonyl (C=O) groups excluding carboxylic acids is 2. The van der Waals surface area contributed by atoms with E-state index in [9.17, 15) is 14.0 Å². The van der Waals surface area contributed by atoms with Crippen molar-refractivity contribution in [3.63, 3.8) is 0 Å². The number of hydrogen-bond acceptors (Lipinski definition) is 4. The Balaban J connectivity index is 1.72. The summed E-state index contributed by atoms with van der Waals surface area (Å²) in [6, 6.07) is 18.6. The Morgan fingerprint density at radius 3 is 2.18 bits per heavy atom. The van der Waals surface area contributed by atoms with Crippen molar-refractivity contribution in [3.05, 3.63) is 83.7 Å². The second kappa shape index (κ2) is 9.95. The molecule has 1 saturated heterocycles. The number of carbonyl (C=O) groups is 2. The topological polar surface area (TPSA) is 67.9 Å². The van der Waals surface area contributed by atoms with Gasteiger partial charge in [-0.05, 0) is 73.0 Å². The highest BCUT2D eigenvalue weighted by Crippen LogP contribution is 2.41. The number of aryl methyl sites for hydroxylation is 1. The van der Waals surface area contributed by atoms with E-state index in [2.05, 4.69) is 5.32 Å². The Morgan fingerprint density at radius 1 is 0.971 bits per heavy atom. The minimum atomic E-state index is -0.546. The van der Waals surface area contributed by atoms with E-state index in [-0.39, 0.29) is 24.1 Å². The SMILES string of the molecule is COc1ccc([C@@H]2[C@@H](C(=O)Nc3ccc(C)c(F)c3)CCC(=O)N2c2ccc(OC)cc2)cc1. The number of halogens is 1. The summed E-state index contributed by atoms with van der Waals surface area (Å²) in [4.78, 5) is 28.3. The molecule has 1 aliphatic rings. The van der Waals surface area contributed by atoms with E-state index < -0.39 is 12.0 Å². The van der Waals surface area contributed by atoms with E-state index >= 15 is 0 Å². The number of ether oxygens (including phenoxy) is 2. The van der Waals surface area contributed by atoms with Gasteiger partial charge in [0.1, 0.15) is 17.3 Å². The van der Waals surface area contributed by atoms with E-state index in [0.29, 0.717) is 34.9 Å². The lowest BCUT2D eigenvalue weighted by Crippen LogP contribution is -2.47. The lowest BCUT2D eigenvalue weighted by molar-refractivity contribution is -0.125. The molecule has 0 spiro atoms. The molecule has 1 aliphatic heterocycles. The summed E-state index contributed by atoms with van der Waals surface area (Å²) in [7, 11) is 3.16. The summed E-state index contributed by atoms with van der Waals surface area (Å²) in [6.45, 7) is 1.67. The molecule has 1 N–H and O–H groups in total. The predicted molar refractivity (Wildman–Crippen MR) is 129 cm³/mol. The molecule has 1 heterocycles. The van der Waals surface area contributed by atoms with Gasteiger partial charge in [-0.2, -0.15) is 0 Å². The monoisotopic (exact) mass is 462 g/mol. The van der Waals surface area contributed by atoms with Gasteiger partial charge in [0.2, 0.25) is 11.8 Å². The van der Waals surface area contributed by atoms with Gasteiger partial charge < -0.3 is 19.7 Å². The molecule has 0 radical (unpaired) electrons. The molecule has 0 bridgehead atoms. The largest absolute Gasteiger partial charge is 0.497 e. The van der Waals surface area contributed by atoms with E-state index in [4.69, 9.17) is 9.47 Å². The molecule has 0 unspecified atom stereocenters. The number of nitrogens with one attached hydrogen (secondary N) is 1. The van der Waals surface area contributed by atoms with Crippen LogP contribution in [0.15, 0.2) is 66.7 Å². The maximum atomic E-state index is 14.1. The van der Waals surface area contributed by atoms with Crippen LogP contribution < -0.4 is 19.7 Å². The number of benzene rings is 3. The van der Waals surface area contributed by atoms with Crippen molar-refractivity contribution in [3.8, 4) is 11.5 Å². The molecule has 0 aliphatic carbocycles. The van der Waals surface area contributed by atoms with Crippen LogP contribution in [0.1, 0.15) is 30.0 Å². The first-order valence-electron chi connectivity index (χ1n) is 11.1. The summed E-state index contributed by atoms with van der Waals surface area (Å²) in [5.41, 5.74) is 2.36. The zero-order chi connectivity index (χ0) is 24.2. The van der Waals surface area contributed by atoms with Crippen LogP contribution in [-0.2, 0) is 9.59 Å². The summed E-state index contributed by atoms with van der Waals surface area (Å²) >= 11 is 0. The van der Waals surface area contributed by atoms with Crippen molar-refractivity contribution in [2.45, 2.75) is 25.8 Å². The minimum absolute atomic E-state index is 0.0728. The molecule has 3 aromatic carbocycles. The zero-order valence-corrected chi connectivity index (χ0v) is 19.4. The predicted octanol–water partition coefficient (Wildman–Crippen LogP) is 5.27. The fraction of sp³-hybridized carbons (Fsp3) is 0.259. The van der Waals surface area contributed by atoms with Crippen molar-refractivity contribution in [1.82, 2.24) is 0 Å². The molecular formula is C27H27FN2O4. The van der Waals surface area contributed by atoms with Gasteiger partial charge in [-0.15, -0.1) is 0 Å². The number of hydrogen-bond donors (Lipinski definition) is 1. The second-order valence-corrected chi connectivity index (χ2v) is 8.28. The molecular weight excluding hydrogens is 435 g/mol. The first kappa shape index (κ1) is 23.3. The van der Waals surface area contributed by atoms with E-state index in [0.717, 1.165) is 5.56 Å². The third kappa shape index (κ3) is 4.73. The number of piperidine rings is 1. The van der Waals surface area contributed by atoms with Crippen LogP contribution in [-0.4, -0.2) is 26.0 Å². The first-order valence-corrected chi connectivity index (χ1v) is 11.1. The Kier molecular flexibility index (Phi) is 6.82. The fourth-order valence-corrected chi connectivity index (χ4v) is 4.30. The summed E-state index contributed by atoms with van der Waals surface area (Å²) in [6.07, 6.45) is 0.599.